The first-order valence-corrected chi connectivity index (χ1v) is 11.2. The van der Waals surface area contributed by atoms with Gasteiger partial charge >= 0.3 is 0 Å². The van der Waals surface area contributed by atoms with Crippen LogP contribution in [0.5, 0.6) is 0 Å². The molecule has 0 radical (unpaired) electrons. The molecule has 0 spiro atoms. The Morgan fingerprint density at radius 2 is 0.750 bits per heavy atom. The fourth-order valence-corrected chi connectivity index (χ4v) is 2.38. The number of hydrogen-bond donors (Lipinski definition) is 0. The van der Waals surface area contributed by atoms with Crippen LogP contribution in [0, 0.1) is 22.7 Å². The topological polar surface area (TPSA) is 47.6 Å². The summed E-state index contributed by atoms with van der Waals surface area (Å²) in [6, 6.07) is 4.27. The fourth-order valence-electron chi connectivity index (χ4n) is 2.38. The molecule has 0 atom stereocenters. The molecule has 2 heteroatoms. The Hall–Kier alpha value is -2.06. The summed E-state index contributed by atoms with van der Waals surface area (Å²) in [7, 11) is 0. The van der Waals surface area contributed by atoms with E-state index in [2.05, 4.69) is 74.6 Å². The van der Waals surface area contributed by atoms with Gasteiger partial charge < -0.3 is 0 Å². The second-order valence-corrected chi connectivity index (χ2v) is 6.66. The Morgan fingerprint density at radius 1 is 0.464 bits per heavy atom. The molecule has 0 bridgehead atoms. The first-order chi connectivity index (χ1) is 13.8. The van der Waals surface area contributed by atoms with Crippen LogP contribution < -0.4 is 0 Å². The standard InChI is InChI=1S/2C13H21N/c2*1-2-3-4-5-6-7-8-9-10-11-12-13-14/h2*3-4,9-10H,2,5-8,11-12H2,1H3/b4-3-,10-9-;. The van der Waals surface area contributed by atoms with Gasteiger partial charge in [-0.25, -0.2) is 0 Å². The van der Waals surface area contributed by atoms with E-state index < -0.39 is 0 Å². The van der Waals surface area contributed by atoms with Crippen LogP contribution in [0.15, 0.2) is 48.6 Å². The van der Waals surface area contributed by atoms with Crippen molar-refractivity contribution in [3.8, 4) is 12.1 Å². The number of hydrogen-bond acceptors (Lipinski definition) is 2. The van der Waals surface area contributed by atoms with Gasteiger partial charge in [-0.2, -0.15) is 10.5 Å². The van der Waals surface area contributed by atoms with Crippen molar-refractivity contribution in [2.24, 2.45) is 0 Å². The van der Waals surface area contributed by atoms with E-state index in [4.69, 9.17) is 10.5 Å². The van der Waals surface area contributed by atoms with Gasteiger partial charge in [0.25, 0.3) is 0 Å². The van der Waals surface area contributed by atoms with Crippen molar-refractivity contribution in [3.63, 3.8) is 0 Å². The maximum absolute atomic E-state index is 8.30. The normalized spacial score (nSPS) is 11.1. The van der Waals surface area contributed by atoms with Gasteiger partial charge in [-0.05, 0) is 77.0 Å². The van der Waals surface area contributed by atoms with E-state index in [0.717, 1.165) is 38.5 Å². The molecule has 0 aromatic heterocycles. The summed E-state index contributed by atoms with van der Waals surface area (Å²) >= 11 is 0. The third-order valence-corrected chi connectivity index (χ3v) is 3.97. The van der Waals surface area contributed by atoms with Gasteiger partial charge in [0.1, 0.15) is 0 Å². The highest BCUT2D eigenvalue weighted by atomic mass is 14.2. The summed E-state index contributed by atoms with van der Waals surface area (Å²) in [6.07, 6.45) is 32.8. The van der Waals surface area contributed by atoms with Crippen molar-refractivity contribution in [1.82, 2.24) is 0 Å². The van der Waals surface area contributed by atoms with Crippen LogP contribution >= 0.6 is 0 Å². The minimum absolute atomic E-state index is 0.649. The molecule has 28 heavy (non-hydrogen) atoms. The molecule has 0 saturated carbocycles. The van der Waals surface area contributed by atoms with E-state index in [1.165, 1.54) is 38.5 Å². The molecule has 0 heterocycles. The second kappa shape index (κ2) is 29.7. The number of nitrogens with zero attached hydrogens (tertiary/aromatic N) is 2. The Kier molecular flexibility index (Phi) is 29.9. The lowest BCUT2D eigenvalue weighted by atomic mass is 10.1. The van der Waals surface area contributed by atoms with Crippen molar-refractivity contribution < 1.29 is 0 Å². The molecular weight excluding hydrogens is 340 g/mol. The van der Waals surface area contributed by atoms with Crippen molar-refractivity contribution in [1.29, 1.82) is 10.5 Å². The highest BCUT2D eigenvalue weighted by Gasteiger charge is 1.84. The Morgan fingerprint density at radius 3 is 1.04 bits per heavy atom. The number of rotatable bonds is 16. The first kappa shape index (κ1) is 28.2. The van der Waals surface area contributed by atoms with Crippen LogP contribution in [-0.4, -0.2) is 0 Å². The third kappa shape index (κ3) is 31.7. The quantitative estimate of drug-likeness (QED) is 0.198. The van der Waals surface area contributed by atoms with Crippen LogP contribution in [0.25, 0.3) is 0 Å². The smallest absolute Gasteiger partial charge is 0.0624 e. The van der Waals surface area contributed by atoms with Gasteiger partial charge in [-0.3, -0.25) is 0 Å². The highest BCUT2D eigenvalue weighted by Crippen LogP contribution is 2.03. The molecule has 2 nitrogen and oxygen atoms in total. The summed E-state index contributed by atoms with van der Waals surface area (Å²) < 4.78 is 0. The predicted molar refractivity (Wildman–Crippen MR) is 124 cm³/mol. The largest absolute Gasteiger partial charge is 0.198 e. The summed E-state index contributed by atoms with van der Waals surface area (Å²) in [5.41, 5.74) is 0. The summed E-state index contributed by atoms with van der Waals surface area (Å²) in [6.45, 7) is 4.32. The number of nitriles is 2. The lowest BCUT2D eigenvalue weighted by Gasteiger charge is -1.92. The van der Waals surface area contributed by atoms with E-state index in [9.17, 15) is 0 Å². The lowest BCUT2D eigenvalue weighted by molar-refractivity contribution is 0.759. The first-order valence-electron chi connectivity index (χ1n) is 11.2. The summed E-state index contributed by atoms with van der Waals surface area (Å²) in [5, 5.41) is 16.6. The van der Waals surface area contributed by atoms with Crippen LogP contribution in [-0.2, 0) is 0 Å². The Bertz CT molecular complexity index is 438. The summed E-state index contributed by atoms with van der Waals surface area (Å²) in [4.78, 5) is 0. The molecular formula is C26H42N2. The van der Waals surface area contributed by atoms with Gasteiger partial charge in [0, 0.05) is 12.8 Å². The van der Waals surface area contributed by atoms with Crippen LogP contribution in [0.4, 0.5) is 0 Å². The van der Waals surface area contributed by atoms with Crippen molar-refractivity contribution in [2.45, 2.75) is 104 Å². The second-order valence-electron chi connectivity index (χ2n) is 6.66. The minimum Gasteiger partial charge on any atom is -0.198 e. The zero-order valence-electron chi connectivity index (χ0n) is 18.4. The highest BCUT2D eigenvalue weighted by molar-refractivity contribution is 4.87. The zero-order chi connectivity index (χ0) is 21.0. The molecule has 0 rings (SSSR count). The van der Waals surface area contributed by atoms with Crippen LogP contribution in [0.1, 0.15) is 104 Å². The molecule has 0 aliphatic heterocycles. The number of unbranched alkanes of at least 4 members (excludes halogenated alkanes) is 8. The minimum atomic E-state index is 0.649. The Labute approximate surface area is 175 Å². The molecule has 0 aromatic rings. The third-order valence-electron chi connectivity index (χ3n) is 3.97. The van der Waals surface area contributed by atoms with Gasteiger partial charge in [0.05, 0.1) is 12.1 Å². The lowest BCUT2D eigenvalue weighted by Crippen LogP contribution is -1.72. The average molecular weight is 383 g/mol. The molecule has 0 aliphatic carbocycles. The zero-order valence-corrected chi connectivity index (χ0v) is 18.4. The van der Waals surface area contributed by atoms with E-state index in [-0.39, 0.29) is 0 Å². The molecule has 0 saturated heterocycles. The van der Waals surface area contributed by atoms with Gasteiger partial charge in [0.2, 0.25) is 0 Å². The van der Waals surface area contributed by atoms with Crippen LogP contribution in [0.3, 0.4) is 0 Å². The van der Waals surface area contributed by atoms with Crippen molar-refractivity contribution >= 4 is 0 Å². The SMILES string of the molecule is CC/C=C\CCCC/C=C\CCC#N.CCC=CCCCCC=CCCC#N. The molecule has 0 N–H and O–H groups in total. The van der Waals surface area contributed by atoms with E-state index in [1.54, 1.807) is 0 Å². The fraction of sp³-hybridized carbons (Fsp3) is 0.615. The van der Waals surface area contributed by atoms with E-state index in [0.29, 0.717) is 12.8 Å². The molecule has 0 unspecified atom stereocenters. The molecule has 156 valence electrons. The maximum atomic E-state index is 8.30. The van der Waals surface area contributed by atoms with Gasteiger partial charge in [-0.1, -0.05) is 62.5 Å². The average Bonchev–Trinajstić information content (AvgIpc) is 2.71. The van der Waals surface area contributed by atoms with E-state index in [1.807, 2.05) is 0 Å². The van der Waals surface area contributed by atoms with Gasteiger partial charge in [-0.15, -0.1) is 0 Å². The molecule has 0 aliphatic rings. The van der Waals surface area contributed by atoms with Crippen molar-refractivity contribution in [2.75, 3.05) is 0 Å². The molecule has 0 amide bonds. The molecule has 0 aromatic carbocycles. The van der Waals surface area contributed by atoms with E-state index >= 15 is 0 Å². The van der Waals surface area contributed by atoms with Crippen LogP contribution in [0.2, 0.25) is 0 Å². The van der Waals surface area contributed by atoms with Gasteiger partial charge in [0.15, 0.2) is 0 Å². The van der Waals surface area contributed by atoms with Crippen molar-refractivity contribution in [3.05, 3.63) is 48.6 Å². The molecule has 0 fully saturated rings. The monoisotopic (exact) mass is 382 g/mol. The predicted octanol–water partition coefficient (Wildman–Crippen LogP) is 8.75. The summed E-state index contributed by atoms with van der Waals surface area (Å²) in [5.74, 6) is 0. The number of allylic oxidation sites excluding steroid dienone is 8. The Balaban J connectivity index is 0. The maximum Gasteiger partial charge on any atom is 0.0624 e.